The number of halogens is 2. The molecular formula is C19H20F2N4O. The summed E-state index contributed by atoms with van der Waals surface area (Å²) in [5.74, 6) is 0.0831. The van der Waals surface area contributed by atoms with Gasteiger partial charge in [0.2, 0.25) is 0 Å². The van der Waals surface area contributed by atoms with E-state index in [-0.39, 0.29) is 11.8 Å². The summed E-state index contributed by atoms with van der Waals surface area (Å²) < 4.78 is 27.9. The Kier molecular flexibility index (Phi) is 4.11. The van der Waals surface area contributed by atoms with E-state index in [2.05, 4.69) is 15.2 Å². The molecule has 1 aromatic carbocycles. The van der Waals surface area contributed by atoms with Crippen LogP contribution >= 0.6 is 0 Å². The second-order valence-corrected chi connectivity index (χ2v) is 6.89. The molecule has 0 spiro atoms. The number of benzene rings is 1. The molecule has 1 aliphatic heterocycles. The average Bonchev–Trinajstić information content (AvgIpc) is 2.98. The lowest BCUT2D eigenvalue weighted by Crippen LogP contribution is -2.43. The summed E-state index contributed by atoms with van der Waals surface area (Å²) in [6.45, 7) is 4.44. The second-order valence-electron chi connectivity index (χ2n) is 6.89. The maximum atomic E-state index is 14.0. The summed E-state index contributed by atoms with van der Waals surface area (Å²) in [5, 5.41) is 19.1. The van der Waals surface area contributed by atoms with Gasteiger partial charge in [0.1, 0.15) is 5.75 Å². The van der Waals surface area contributed by atoms with Crippen molar-refractivity contribution < 1.29 is 13.9 Å². The molecule has 1 atom stereocenters. The largest absolute Gasteiger partial charge is 0.507 e. The standard InChI is InChI=1S/C19H20F2N4O/c1-10(2)25-8-7-13-16(17(25)18(20)21)12-9-14(23-24-19(12)22-13)11-5-3-4-6-15(11)26/h3-6,9-10,17-18,26H,7-8H2,1-2H3,(H,22,24)/t17-/m0/s1. The molecule has 0 saturated carbocycles. The lowest BCUT2D eigenvalue weighted by atomic mass is 9.94. The highest BCUT2D eigenvalue weighted by Crippen LogP contribution is 2.40. The van der Waals surface area contributed by atoms with E-state index in [4.69, 9.17) is 0 Å². The molecule has 7 heteroatoms. The number of H-pyrrole nitrogens is 1. The van der Waals surface area contributed by atoms with Crippen molar-refractivity contribution in [3.05, 3.63) is 41.6 Å². The van der Waals surface area contributed by atoms with Crippen LogP contribution < -0.4 is 0 Å². The van der Waals surface area contributed by atoms with E-state index >= 15 is 0 Å². The van der Waals surface area contributed by atoms with Crippen molar-refractivity contribution in [2.24, 2.45) is 0 Å². The van der Waals surface area contributed by atoms with Crippen molar-refractivity contribution in [3.63, 3.8) is 0 Å². The van der Waals surface area contributed by atoms with Gasteiger partial charge in [-0.15, -0.1) is 10.2 Å². The molecule has 2 N–H and O–H groups in total. The van der Waals surface area contributed by atoms with Crippen molar-refractivity contribution in [2.75, 3.05) is 6.54 Å². The Balaban J connectivity index is 1.91. The number of aromatic hydroxyl groups is 1. The fourth-order valence-electron chi connectivity index (χ4n) is 3.81. The van der Waals surface area contributed by atoms with Gasteiger partial charge in [-0.05, 0) is 32.0 Å². The van der Waals surface area contributed by atoms with Crippen LogP contribution in [-0.4, -0.2) is 44.2 Å². The highest BCUT2D eigenvalue weighted by atomic mass is 19.3. The van der Waals surface area contributed by atoms with Crippen LogP contribution in [0.5, 0.6) is 5.75 Å². The normalized spacial score (nSPS) is 18.0. The SMILES string of the molecule is CC(C)N1CCc2[nH]c3nnc(-c4ccccc4O)cc3c2[C@H]1C(F)F. The van der Waals surface area contributed by atoms with Gasteiger partial charge in [0.15, 0.2) is 5.65 Å². The van der Waals surface area contributed by atoms with Crippen LogP contribution in [0.25, 0.3) is 22.3 Å². The predicted octanol–water partition coefficient (Wildman–Crippen LogP) is 3.90. The zero-order valence-electron chi connectivity index (χ0n) is 14.6. The summed E-state index contributed by atoms with van der Waals surface area (Å²) in [5.41, 5.74) is 2.90. The van der Waals surface area contributed by atoms with Gasteiger partial charge in [0, 0.05) is 41.2 Å². The van der Waals surface area contributed by atoms with Crippen molar-refractivity contribution in [2.45, 2.75) is 38.8 Å². The molecule has 0 fully saturated rings. The van der Waals surface area contributed by atoms with Crippen LogP contribution in [0.4, 0.5) is 8.78 Å². The molecule has 0 unspecified atom stereocenters. The van der Waals surface area contributed by atoms with Crippen LogP contribution in [0.1, 0.15) is 31.1 Å². The number of phenols is 1. The van der Waals surface area contributed by atoms with Gasteiger partial charge in [-0.25, -0.2) is 8.78 Å². The molecule has 136 valence electrons. The van der Waals surface area contributed by atoms with Gasteiger partial charge in [0.05, 0.1) is 11.7 Å². The van der Waals surface area contributed by atoms with E-state index in [1.54, 1.807) is 30.3 Å². The van der Waals surface area contributed by atoms with Crippen LogP contribution in [0.2, 0.25) is 0 Å². The third kappa shape index (κ3) is 2.63. The first-order chi connectivity index (χ1) is 12.5. The van der Waals surface area contributed by atoms with Crippen LogP contribution in [-0.2, 0) is 6.42 Å². The number of alkyl halides is 2. The number of nitrogens with zero attached hydrogens (tertiary/aromatic N) is 3. The molecular weight excluding hydrogens is 338 g/mol. The number of para-hydroxylation sites is 1. The molecule has 2 aromatic heterocycles. The lowest BCUT2D eigenvalue weighted by molar-refractivity contribution is 0.00303. The maximum absolute atomic E-state index is 14.0. The first kappa shape index (κ1) is 16.9. The maximum Gasteiger partial charge on any atom is 0.258 e. The number of hydrogen-bond acceptors (Lipinski definition) is 4. The molecule has 0 bridgehead atoms. The second kappa shape index (κ2) is 6.32. The van der Waals surface area contributed by atoms with E-state index < -0.39 is 12.5 Å². The van der Waals surface area contributed by atoms with Crippen molar-refractivity contribution >= 4 is 11.0 Å². The summed E-state index contributed by atoms with van der Waals surface area (Å²) in [6.07, 6.45) is -1.84. The Morgan fingerprint density at radius 2 is 2.00 bits per heavy atom. The molecule has 1 aliphatic rings. The average molecular weight is 358 g/mol. The van der Waals surface area contributed by atoms with Gasteiger partial charge >= 0.3 is 0 Å². The number of hydrogen-bond donors (Lipinski definition) is 2. The van der Waals surface area contributed by atoms with Gasteiger partial charge in [-0.3, -0.25) is 4.90 Å². The number of aromatic amines is 1. The van der Waals surface area contributed by atoms with E-state index in [0.717, 1.165) is 5.69 Å². The van der Waals surface area contributed by atoms with Crippen LogP contribution in [0.15, 0.2) is 30.3 Å². The molecule has 4 rings (SSSR count). The van der Waals surface area contributed by atoms with E-state index in [1.807, 2.05) is 18.7 Å². The smallest absolute Gasteiger partial charge is 0.258 e. The highest BCUT2D eigenvalue weighted by Gasteiger charge is 2.38. The molecule has 26 heavy (non-hydrogen) atoms. The molecule has 3 aromatic rings. The van der Waals surface area contributed by atoms with Gasteiger partial charge in [-0.2, -0.15) is 0 Å². The summed E-state index contributed by atoms with van der Waals surface area (Å²) in [6, 6.07) is 7.58. The molecule has 0 aliphatic carbocycles. The Labute approximate surface area is 149 Å². The van der Waals surface area contributed by atoms with Crippen molar-refractivity contribution in [1.82, 2.24) is 20.1 Å². The highest BCUT2D eigenvalue weighted by molar-refractivity contribution is 5.86. The monoisotopic (exact) mass is 358 g/mol. The first-order valence-corrected chi connectivity index (χ1v) is 8.67. The zero-order chi connectivity index (χ0) is 18.4. The number of aromatic nitrogens is 3. The van der Waals surface area contributed by atoms with E-state index in [9.17, 15) is 13.9 Å². The summed E-state index contributed by atoms with van der Waals surface area (Å²) in [7, 11) is 0. The Bertz CT molecular complexity index is 954. The van der Waals surface area contributed by atoms with Crippen LogP contribution in [0, 0.1) is 0 Å². The molecule has 5 nitrogen and oxygen atoms in total. The first-order valence-electron chi connectivity index (χ1n) is 8.67. The third-order valence-electron chi connectivity index (χ3n) is 5.03. The molecule has 3 heterocycles. The third-order valence-corrected chi connectivity index (χ3v) is 5.03. The lowest BCUT2D eigenvalue weighted by Gasteiger charge is -2.38. The van der Waals surface area contributed by atoms with E-state index in [0.29, 0.717) is 40.8 Å². The number of rotatable bonds is 3. The Morgan fingerprint density at radius 3 is 2.69 bits per heavy atom. The zero-order valence-corrected chi connectivity index (χ0v) is 14.6. The fourth-order valence-corrected chi connectivity index (χ4v) is 3.81. The van der Waals surface area contributed by atoms with Gasteiger partial charge < -0.3 is 10.1 Å². The fraction of sp³-hybridized carbons (Fsp3) is 0.368. The van der Waals surface area contributed by atoms with Crippen molar-refractivity contribution in [1.29, 1.82) is 0 Å². The number of phenolic OH excluding ortho intramolecular Hbond substituents is 1. The van der Waals surface area contributed by atoms with Crippen molar-refractivity contribution in [3.8, 4) is 17.0 Å². The quantitative estimate of drug-likeness (QED) is 0.745. The summed E-state index contributed by atoms with van der Waals surface area (Å²) in [4.78, 5) is 4.99. The minimum atomic E-state index is -2.50. The minimum absolute atomic E-state index is 0.0135. The number of fused-ring (bicyclic) bond motifs is 3. The molecule has 0 amide bonds. The van der Waals surface area contributed by atoms with E-state index in [1.165, 1.54) is 0 Å². The van der Waals surface area contributed by atoms with Crippen LogP contribution in [0.3, 0.4) is 0 Å². The topological polar surface area (TPSA) is 65.0 Å². The Hall–Kier alpha value is -2.54. The molecule has 0 saturated heterocycles. The summed E-state index contributed by atoms with van der Waals surface area (Å²) >= 11 is 0. The van der Waals surface area contributed by atoms with Gasteiger partial charge in [-0.1, -0.05) is 12.1 Å². The Morgan fingerprint density at radius 1 is 1.23 bits per heavy atom. The predicted molar refractivity (Wildman–Crippen MR) is 95.3 cm³/mol. The molecule has 0 radical (unpaired) electrons. The minimum Gasteiger partial charge on any atom is -0.507 e. The van der Waals surface area contributed by atoms with Gasteiger partial charge in [0.25, 0.3) is 6.43 Å². The number of nitrogens with one attached hydrogen (secondary N) is 1.